The van der Waals surface area contributed by atoms with E-state index in [0.717, 1.165) is 0 Å². The summed E-state index contributed by atoms with van der Waals surface area (Å²) in [5, 5.41) is -0.519. The first-order valence-electron chi connectivity index (χ1n) is 1.57. The summed E-state index contributed by atoms with van der Waals surface area (Å²) in [6, 6.07) is 0. The van der Waals surface area contributed by atoms with Crippen LogP contribution in [0.25, 0.3) is 0 Å². The molecule has 7 heteroatoms. The average molecular weight is 171 g/mol. The third-order valence-electron chi connectivity index (χ3n) is 0.442. The van der Waals surface area contributed by atoms with Crippen LogP contribution in [-0.2, 0) is 9.13 Å². The van der Waals surface area contributed by atoms with Crippen molar-refractivity contribution in [1.82, 2.24) is 6.15 Å². The number of hydrogen-bond donors (Lipinski definition) is 3. The van der Waals surface area contributed by atoms with Crippen LogP contribution < -0.4 is 6.15 Å². The zero-order valence-corrected chi connectivity index (χ0v) is 6.31. The van der Waals surface area contributed by atoms with Gasteiger partial charge in [0.2, 0.25) is 0 Å². The van der Waals surface area contributed by atoms with Gasteiger partial charge in [-0.05, 0) is 9.13 Å². The fourth-order valence-electron chi connectivity index (χ4n) is 0.0732. The summed E-state index contributed by atoms with van der Waals surface area (Å²) in [4.78, 5) is 16.1. The van der Waals surface area contributed by atoms with Crippen molar-refractivity contribution in [3.63, 3.8) is 0 Å². The second-order valence-electron chi connectivity index (χ2n) is 0.962. The van der Waals surface area contributed by atoms with Gasteiger partial charge in [0, 0.05) is 6.58 Å². The van der Waals surface area contributed by atoms with Crippen molar-refractivity contribution >= 4 is 16.1 Å². The Bertz CT molecular complexity index is 139. The Morgan fingerprint density at radius 3 is 1.44 bits per heavy atom. The summed E-state index contributed by atoms with van der Waals surface area (Å²) in [5.41, 5.74) is 0. The lowest BCUT2D eigenvalue weighted by atomic mass is 11.3. The zero-order valence-electron chi connectivity index (χ0n) is 4.52. The van der Waals surface area contributed by atoms with E-state index in [1.165, 1.54) is 0 Å². The standard InChI is InChI=1S/C2H2O4P2.H3N/c1-2(7(3)4)8(5)6;/h1H2;1H3/p+2. The van der Waals surface area contributed by atoms with E-state index in [0.29, 0.717) is 0 Å². The molecule has 0 fully saturated rings. The third kappa shape index (κ3) is 4.33. The molecule has 52 valence electrons. The summed E-state index contributed by atoms with van der Waals surface area (Å²) >= 11 is 0. The van der Waals surface area contributed by atoms with Gasteiger partial charge in [-0.3, -0.25) is 0 Å². The quantitative estimate of drug-likeness (QED) is 0.538. The Morgan fingerprint density at radius 2 is 1.44 bits per heavy atom. The maximum Gasteiger partial charge on any atom is 0.598 e. The molecule has 0 aromatic heterocycles. The summed E-state index contributed by atoms with van der Waals surface area (Å²) in [7, 11) is -5.36. The van der Waals surface area contributed by atoms with Crippen LogP contribution in [0.1, 0.15) is 0 Å². The van der Waals surface area contributed by atoms with Crippen LogP contribution >= 0.6 is 16.1 Å². The molecule has 0 aliphatic heterocycles. The monoisotopic (exact) mass is 171 g/mol. The van der Waals surface area contributed by atoms with Crippen LogP contribution in [0, 0.1) is 0 Å². The Labute approximate surface area is 53.7 Å². The van der Waals surface area contributed by atoms with Crippen LogP contribution in [0.5, 0.6) is 0 Å². The zero-order chi connectivity index (χ0) is 6.73. The fraction of sp³-hybridized carbons (Fsp3) is 0. The van der Waals surface area contributed by atoms with E-state index in [2.05, 4.69) is 6.58 Å². The molecule has 0 saturated heterocycles. The molecule has 0 aliphatic rings. The lowest BCUT2D eigenvalue weighted by Gasteiger charge is -1.58. The van der Waals surface area contributed by atoms with E-state index >= 15 is 0 Å². The van der Waals surface area contributed by atoms with Gasteiger partial charge in [0.05, 0.1) is 0 Å². The van der Waals surface area contributed by atoms with Crippen LogP contribution in [0.15, 0.2) is 11.6 Å². The maximum atomic E-state index is 9.85. The minimum atomic E-state index is -2.68. The molecule has 0 heterocycles. The van der Waals surface area contributed by atoms with Gasteiger partial charge >= 0.3 is 21.1 Å². The first kappa shape index (κ1) is 11.6. The lowest BCUT2D eigenvalue weighted by Crippen LogP contribution is -1.60. The van der Waals surface area contributed by atoms with E-state index in [1.807, 2.05) is 0 Å². The minimum Gasteiger partial charge on any atom is -0.344 e. The van der Waals surface area contributed by atoms with Crippen molar-refractivity contribution in [3.05, 3.63) is 11.6 Å². The smallest absolute Gasteiger partial charge is 0.344 e. The molecule has 0 saturated carbocycles. The van der Waals surface area contributed by atoms with Gasteiger partial charge in [0.15, 0.2) is 0 Å². The molecule has 0 radical (unpaired) electrons. The fourth-order valence-corrected chi connectivity index (χ4v) is 0.659. The molecule has 0 bridgehead atoms. The predicted octanol–water partition coefficient (Wildman–Crippen LogP) is 1.09. The van der Waals surface area contributed by atoms with Crippen LogP contribution in [-0.4, -0.2) is 9.79 Å². The van der Waals surface area contributed by atoms with Crippen LogP contribution in [0.3, 0.4) is 0 Å². The largest absolute Gasteiger partial charge is 0.598 e. The van der Waals surface area contributed by atoms with Gasteiger partial charge in [-0.15, -0.1) is 0 Å². The van der Waals surface area contributed by atoms with Gasteiger partial charge in [-0.1, -0.05) is 0 Å². The molecular formula is C2H7NO4P2+2. The molecule has 5 nitrogen and oxygen atoms in total. The molecule has 0 aromatic carbocycles. The third-order valence-corrected chi connectivity index (χ3v) is 2.35. The van der Waals surface area contributed by atoms with Gasteiger partial charge in [-0.25, -0.2) is 0 Å². The van der Waals surface area contributed by atoms with E-state index in [-0.39, 0.29) is 6.15 Å². The van der Waals surface area contributed by atoms with Crippen LogP contribution in [0.4, 0.5) is 0 Å². The predicted molar refractivity (Wildman–Crippen MR) is 33.8 cm³/mol. The van der Waals surface area contributed by atoms with Gasteiger partial charge in [0.1, 0.15) is 0 Å². The van der Waals surface area contributed by atoms with Crippen molar-refractivity contribution in [2.24, 2.45) is 0 Å². The lowest BCUT2D eigenvalue weighted by molar-refractivity contribution is 0.501. The highest BCUT2D eigenvalue weighted by Gasteiger charge is 2.38. The average Bonchev–Trinajstić information content (AvgIpc) is 1.64. The minimum absolute atomic E-state index is 0. The first-order chi connectivity index (χ1) is 3.55. The van der Waals surface area contributed by atoms with Crippen LogP contribution in [0.2, 0.25) is 0 Å². The number of hydrogen-bond acceptors (Lipinski definition) is 3. The second-order valence-corrected chi connectivity index (χ2v) is 3.49. The Morgan fingerprint density at radius 1 is 1.22 bits per heavy atom. The Balaban J connectivity index is 0. The number of rotatable bonds is 2. The molecule has 0 aromatic rings. The van der Waals surface area contributed by atoms with Crippen molar-refractivity contribution < 1.29 is 18.9 Å². The van der Waals surface area contributed by atoms with E-state index < -0.39 is 21.1 Å². The van der Waals surface area contributed by atoms with Gasteiger partial charge in [-0.2, -0.15) is 9.79 Å². The molecule has 5 N–H and O–H groups in total. The van der Waals surface area contributed by atoms with Crippen molar-refractivity contribution in [2.45, 2.75) is 0 Å². The molecular weight excluding hydrogens is 164 g/mol. The molecule has 0 aliphatic carbocycles. The van der Waals surface area contributed by atoms with Crippen molar-refractivity contribution in [3.8, 4) is 0 Å². The second kappa shape index (κ2) is 4.68. The molecule has 0 amide bonds. The topological polar surface area (TPSA) is 110 Å². The van der Waals surface area contributed by atoms with E-state index in [9.17, 15) is 9.13 Å². The normalized spacial score (nSPS) is 11.3. The highest BCUT2D eigenvalue weighted by atomic mass is 31.2. The highest BCUT2D eigenvalue weighted by molar-refractivity contribution is 7.64. The molecule has 0 rings (SSSR count). The van der Waals surface area contributed by atoms with Crippen molar-refractivity contribution in [2.75, 3.05) is 0 Å². The summed E-state index contributed by atoms with van der Waals surface area (Å²) in [6.45, 7) is 2.89. The summed E-state index contributed by atoms with van der Waals surface area (Å²) in [5.74, 6) is 0. The molecule has 9 heavy (non-hydrogen) atoms. The summed E-state index contributed by atoms with van der Waals surface area (Å²) in [6.07, 6.45) is 0. The summed E-state index contributed by atoms with van der Waals surface area (Å²) < 4.78 is 19.7. The van der Waals surface area contributed by atoms with E-state index in [4.69, 9.17) is 9.79 Å². The van der Waals surface area contributed by atoms with Gasteiger partial charge in [0.25, 0.3) is 0 Å². The van der Waals surface area contributed by atoms with E-state index in [1.54, 1.807) is 0 Å². The SMILES string of the molecule is C=C([P+](=O)O)[P+](=O)O.N. The Hall–Kier alpha value is -0.180. The first-order valence-corrected chi connectivity index (χ1v) is 3.99. The molecule has 0 spiro atoms. The molecule has 2 unspecified atom stereocenters. The molecule has 2 atom stereocenters. The van der Waals surface area contributed by atoms with Gasteiger partial charge < -0.3 is 6.15 Å². The Kier molecular flexibility index (Phi) is 6.02. The maximum absolute atomic E-state index is 9.85. The van der Waals surface area contributed by atoms with Crippen molar-refractivity contribution in [1.29, 1.82) is 0 Å². The highest BCUT2D eigenvalue weighted by Crippen LogP contribution is 2.41.